The van der Waals surface area contributed by atoms with Gasteiger partial charge in [0.15, 0.2) is 0 Å². The molecule has 8 nitrogen and oxygen atoms in total. The van der Waals surface area contributed by atoms with Gasteiger partial charge < -0.3 is 15.4 Å². The van der Waals surface area contributed by atoms with E-state index < -0.39 is 23.9 Å². The largest absolute Gasteiger partial charge is 0.451 e. The number of carbonyl (C=O) groups excluding carboxylic acids is 1. The maximum atomic E-state index is 13.3. The Morgan fingerprint density at radius 3 is 2.54 bits per heavy atom. The van der Waals surface area contributed by atoms with E-state index in [0.29, 0.717) is 54.3 Å². The van der Waals surface area contributed by atoms with E-state index in [1.807, 2.05) is 17.0 Å². The molecule has 3 heterocycles. The van der Waals surface area contributed by atoms with E-state index in [2.05, 4.69) is 25.6 Å². The van der Waals surface area contributed by atoms with Crippen LogP contribution in [-0.4, -0.2) is 65.2 Å². The first-order valence-electron chi connectivity index (χ1n) is 12.1. The van der Waals surface area contributed by atoms with E-state index in [1.165, 1.54) is 12.8 Å². The van der Waals surface area contributed by atoms with Crippen molar-refractivity contribution < 1.29 is 22.7 Å². The van der Waals surface area contributed by atoms with Gasteiger partial charge in [-0.25, -0.2) is 15.0 Å². The Bertz CT molecular complexity index is 1260. The van der Waals surface area contributed by atoms with Crippen LogP contribution in [0.1, 0.15) is 40.6 Å². The van der Waals surface area contributed by atoms with Gasteiger partial charge in [0.1, 0.15) is 5.82 Å². The summed E-state index contributed by atoms with van der Waals surface area (Å²) in [6, 6.07) is 6.61. The van der Waals surface area contributed by atoms with Gasteiger partial charge >= 0.3 is 6.18 Å². The number of nitrogens with one attached hydrogen (secondary N) is 2. The molecule has 1 saturated heterocycles. The van der Waals surface area contributed by atoms with E-state index >= 15 is 0 Å². The molecule has 1 aliphatic carbocycles. The number of anilines is 1. The Morgan fingerprint density at radius 2 is 1.86 bits per heavy atom. The Kier molecular flexibility index (Phi) is 7.45. The maximum Gasteiger partial charge on any atom is 0.451 e. The van der Waals surface area contributed by atoms with Crippen molar-refractivity contribution in [1.29, 1.82) is 0 Å². The van der Waals surface area contributed by atoms with Crippen LogP contribution in [0.5, 0.6) is 0 Å². The van der Waals surface area contributed by atoms with Crippen LogP contribution in [0.3, 0.4) is 0 Å². The monoisotopic (exact) mass is 534 g/mol. The van der Waals surface area contributed by atoms with Crippen molar-refractivity contribution in [3.8, 4) is 0 Å². The van der Waals surface area contributed by atoms with Crippen molar-refractivity contribution in [2.24, 2.45) is 5.92 Å². The number of benzene rings is 1. The number of aromatic nitrogens is 3. The summed E-state index contributed by atoms with van der Waals surface area (Å²) in [4.78, 5) is 27.0. The summed E-state index contributed by atoms with van der Waals surface area (Å²) < 4.78 is 44.3. The summed E-state index contributed by atoms with van der Waals surface area (Å²) in [5.41, 5.74) is 1.40. The molecule has 1 saturated carbocycles. The summed E-state index contributed by atoms with van der Waals surface area (Å²) in [6.07, 6.45) is 0.142. The van der Waals surface area contributed by atoms with Gasteiger partial charge in [-0.05, 0) is 43.0 Å². The molecular formula is C25H26ClF3N6O2. The van der Waals surface area contributed by atoms with Gasteiger partial charge in [-0.2, -0.15) is 13.2 Å². The quantitative estimate of drug-likeness (QED) is 0.444. The molecule has 0 bridgehead atoms. The molecule has 1 unspecified atom stereocenters. The minimum atomic E-state index is -4.63. The Hall–Kier alpha value is -3.02. The molecule has 2 aromatic heterocycles. The number of pyridine rings is 1. The number of hydrogen-bond donors (Lipinski definition) is 2. The first-order valence-corrected chi connectivity index (χ1v) is 12.5. The first kappa shape index (κ1) is 25.6. The van der Waals surface area contributed by atoms with Crippen LogP contribution in [0, 0.1) is 5.92 Å². The minimum Gasteiger partial charge on any atom is -0.379 e. The summed E-state index contributed by atoms with van der Waals surface area (Å²) >= 11 is 6.43. The molecule has 12 heteroatoms. The average molecular weight is 535 g/mol. The predicted octanol–water partition coefficient (Wildman–Crippen LogP) is 4.32. The molecule has 196 valence electrons. The predicted molar refractivity (Wildman–Crippen MR) is 132 cm³/mol. The highest BCUT2D eigenvalue weighted by atomic mass is 35.5. The molecule has 37 heavy (non-hydrogen) atoms. The molecule has 1 amide bonds. The topological polar surface area (TPSA) is 92.3 Å². The van der Waals surface area contributed by atoms with E-state index in [4.69, 9.17) is 16.3 Å². The smallest absolute Gasteiger partial charge is 0.379 e. The molecule has 2 N–H and O–H groups in total. The van der Waals surface area contributed by atoms with Gasteiger partial charge in [0.25, 0.3) is 5.91 Å². The number of rotatable bonds is 8. The maximum absolute atomic E-state index is 13.3. The molecular weight excluding hydrogens is 509 g/mol. The number of amides is 1. The molecule has 1 aliphatic heterocycles. The number of fused-ring (bicyclic) bond motifs is 1. The second-order valence-electron chi connectivity index (χ2n) is 9.22. The van der Waals surface area contributed by atoms with Crippen molar-refractivity contribution in [1.82, 2.24) is 25.2 Å². The third kappa shape index (κ3) is 6.11. The van der Waals surface area contributed by atoms with Gasteiger partial charge in [0.05, 0.1) is 35.4 Å². The average Bonchev–Trinajstić information content (AvgIpc) is 3.72. The van der Waals surface area contributed by atoms with E-state index in [0.717, 1.165) is 24.8 Å². The molecule has 2 fully saturated rings. The lowest BCUT2D eigenvalue weighted by Gasteiger charge is -2.34. The summed E-state index contributed by atoms with van der Waals surface area (Å²) in [7, 11) is 0. The highest BCUT2D eigenvalue weighted by Crippen LogP contribution is 2.31. The number of hydrogen-bond acceptors (Lipinski definition) is 7. The Morgan fingerprint density at radius 1 is 1.14 bits per heavy atom. The highest BCUT2D eigenvalue weighted by Gasteiger charge is 2.35. The van der Waals surface area contributed by atoms with Crippen molar-refractivity contribution in [3.05, 3.63) is 58.6 Å². The fourth-order valence-electron chi connectivity index (χ4n) is 4.36. The second-order valence-corrected chi connectivity index (χ2v) is 9.63. The van der Waals surface area contributed by atoms with E-state index in [9.17, 15) is 18.0 Å². The van der Waals surface area contributed by atoms with Gasteiger partial charge in [-0.15, -0.1) is 0 Å². The van der Waals surface area contributed by atoms with Crippen LogP contribution in [0.2, 0.25) is 5.02 Å². The normalized spacial score (nSPS) is 17.5. The molecule has 3 aromatic rings. The summed E-state index contributed by atoms with van der Waals surface area (Å²) in [5.74, 6) is -0.175. The highest BCUT2D eigenvalue weighted by molar-refractivity contribution is 6.35. The van der Waals surface area contributed by atoms with Crippen LogP contribution in [-0.2, 0) is 10.9 Å². The number of ether oxygens (including phenoxy) is 1. The van der Waals surface area contributed by atoms with Crippen molar-refractivity contribution in [3.63, 3.8) is 0 Å². The SMILES string of the molecule is O=C(NCC(c1cnc(C(F)(F)F)nc1)N1CCOCC1)c1c(Cl)ccc2nc(NCC3CC3)ccc12. The van der Waals surface area contributed by atoms with Crippen molar-refractivity contribution in [2.45, 2.75) is 25.1 Å². The zero-order chi connectivity index (χ0) is 26.0. The van der Waals surface area contributed by atoms with Crippen molar-refractivity contribution in [2.75, 3.05) is 44.7 Å². The number of morpholine rings is 1. The molecule has 1 atom stereocenters. The zero-order valence-corrected chi connectivity index (χ0v) is 20.6. The fraction of sp³-hybridized carbons (Fsp3) is 0.440. The Labute approximate surface area is 216 Å². The van der Waals surface area contributed by atoms with E-state index in [-0.39, 0.29) is 11.6 Å². The minimum absolute atomic E-state index is 0.120. The molecule has 5 rings (SSSR count). The summed E-state index contributed by atoms with van der Waals surface area (Å²) in [6.45, 7) is 3.05. The van der Waals surface area contributed by atoms with Crippen molar-refractivity contribution >= 4 is 34.2 Å². The molecule has 2 aliphatic rings. The third-order valence-corrected chi connectivity index (χ3v) is 6.88. The van der Waals surface area contributed by atoms with Gasteiger partial charge in [0.2, 0.25) is 5.82 Å². The van der Waals surface area contributed by atoms with Crippen LogP contribution in [0.25, 0.3) is 10.9 Å². The van der Waals surface area contributed by atoms with Gasteiger partial charge in [-0.3, -0.25) is 9.69 Å². The molecule has 1 aromatic carbocycles. The first-order chi connectivity index (χ1) is 17.8. The summed E-state index contributed by atoms with van der Waals surface area (Å²) in [5, 5.41) is 7.13. The van der Waals surface area contributed by atoms with Crippen LogP contribution < -0.4 is 10.6 Å². The van der Waals surface area contributed by atoms with Crippen LogP contribution >= 0.6 is 11.6 Å². The molecule has 0 radical (unpaired) electrons. The fourth-order valence-corrected chi connectivity index (χ4v) is 4.61. The second kappa shape index (κ2) is 10.8. The van der Waals surface area contributed by atoms with Crippen LogP contribution in [0.15, 0.2) is 36.7 Å². The van der Waals surface area contributed by atoms with E-state index in [1.54, 1.807) is 12.1 Å². The number of nitrogens with zero attached hydrogens (tertiary/aromatic N) is 4. The third-order valence-electron chi connectivity index (χ3n) is 6.57. The lowest BCUT2D eigenvalue weighted by Crippen LogP contribution is -2.44. The van der Waals surface area contributed by atoms with Gasteiger partial charge in [0, 0.05) is 49.5 Å². The lowest BCUT2D eigenvalue weighted by molar-refractivity contribution is -0.145. The number of carbonyl (C=O) groups is 1. The lowest BCUT2D eigenvalue weighted by atomic mass is 10.1. The molecule has 0 spiro atoms. The number of alkyl halides is 3. The number of halogens is 4. The Balaban J connectivity index is 1.35. The van der Waals surface area contributed by atoms with Crippen LogP contribution in [0.4, 0.5) is 19.0 Å². The zero-order valence-electron chi connectivity index (χ0n) is 19.9. The van der Waals surface area contributed by atoms with Gasteiger partial charge in [-0.1, -0.05) is 11.6 Å². The standard InChI is InChI=1S/C25H26ClF3N6O2/c26-18-4-5-19-17(3-6-21(34-19)30-11-15-1-2-15)22(18)23(36)31-14-20(35-7-9-37-10-8-35)16-12-32-24(33-13-16)25(27,28)29/h3-6,12-13,15,20H,1-2,7-11,14H2,(H,30,34)(H,31,36).